The number of amides is 1. The maximum absolute atomic E-state index is 12.3. The van der Waals surface area contributed by atoms with E-state index in [4.69, 9.17) is 0 Å². The lowest BCUT2D eigenvalue weighted by molar-refractivity contribution is -0.140. The summed E-state index contributed by atoms with van der Waals surface area (Å²) < 4.78 is 0. The summed E-state index contributed by atoms with van der Waals surface area (Å²) in [6.07, 6.45) is 9.85. The summed E-state index contributed by atoms with van der Waals surface area (Å²) in [5.41, 5.74) is -0.240. The average Bonchev–Trinajstić information content (AvgIpc) is 3.06. The van der Waals surface area contributed by atoms with Gasteiger partial charge in [0, 0.05) is 24.5 Å². The van der Waals surface area contributed by atoms with Crippen molar-refractivity contribution < 1.29 is 4.79 Å². The lowest BCUT2D eigenvalue weighted by Crippen LogP contribution is -2.49. The SMILES string of the molecule is CC(C)(C)C(=O)N1CCC(NCC2CC3C=CC2C3)CC1. The molecule has 3 atom stereocenters. The second-order valence-corrected chi connectivity index (χ2v) is 8.27. The van der Waals surface area contributed by atoms with Gasteiger partial charge in [0.1, 0.15) is 0 Å². The first-order valence-electron chi connectivity index (χ1n) is 8.64. The maximum Gasteiger partial charge on any atom is 0.227 e. The van der Waals surface area contributed by atoms with Crippen molar-refractivity contribution in [3.8, 4) is 0 Å². The van der Waals surface area contributed by atoms with Gasteiger partial charge in [0.25, 0.3) is 0 Å². The largest absolute Gasteiger partial charge is 0.342 e. The standard InChI is InChI=1S/C18H30N2O/c1-18(2,3)17(21)20-8-6-16(7-9-20)19-12-15-11-13-4-5-14(15)10-13/h4-5,13-16,19H,6-12H2,1-3H3. The van der Waals surface area contributed by atoms with Crippen molar-refractivity contribution in [3.63, 3.8) is 0 Å². The van der Waals surface area contributed by atoms with Crippen LogP contribution < -0.4 is 5.32 Å². The molecule has 2 bridgehead atoms. The molecule has 3 rings (SSSR count). The predicted octanol–water partition coefficient (Wildman–Crippen LogP) is 2.83. The molecule has 3 unspecified atom stereocenters. The number of nitrogens with zero attached hydrogens (tertiary/aromatic N) is 1. The van der Waals surface area contributed by atoms with Gasteiger partial charge >= 0.3 is 0 Å². The van der Waals surface area contributed by atoms with Gasteiger partial charge in [0.05, 0.1) is 0 Å². The molecule has 0 aromatic heterocycles. The van der Waals surface area contributed by atoms with Gasteiger partial charge in [0.15, 0.2) is 0 Å². The van der Waals surface area contributed by atoms with E-state index in [2.05, 4.69) is 22.4 Å². The number of nitrogens with one attached hydrogen (secondary N) is 1. The summed E-state index contributed by atoms with van der Waals surface area (Å²) >= 11 is 0. The molecule has 1 heterocycles. The van der Waals surface area contributed by atoms with E-state index in [1.165, 1.54) is 19.4 Å². The van der Waals surface area contributed by atoms with Gasteiger partial charge in [-0.25, -0.2) is 0 Å². The third-order valence-electron chi connectivity index (χ3n) is 5.51. The molecule has 0 aromatic rings. The first-order chi connectivity index (χ1) is 9.93. The minimum absolute atomic E-state index is 0.240. The van der Waals surface area contributed by atoms with Crippen molar-refractivity contribution in [3.05, 3.63) is 12.2 Å². The minimum atomic E-state index is -0.240. The molecule has 0 spiro atoms. The molecular weight excluding hydrogens is 260 g/mol. The van der Waals surface area contributed by atoms with Crippen LogP contribution in [0.5, 0.6) is 0 Å². The maximum atomic E-state index is 12.3. The smallest absolute Gasteiger partial charge is 0.227 e. The topological polar surface area (TPSA) is 32.3 Å². The zero-order chi connectivity index (χ0) is 15.0. The van der Waals surface area contributed by atoms with Crippen LogP contribution in [0, 0.1) is 23.2 Å². The third-order valence-corrected chi connectivity index (χ3v) is 5.51. The van der Waals surface area contributed by atoms with Gasteiger partial charge in [0.2, 0.25) is 5.91 Å². The number of allylic oxidation sites excluding steroid dienone is 2. The number of carbonyl (C=O) groups is 1. The van der Waals surface area contributed by atoms with Crippen LogP contribution in [0.25, 0.3) is 0 Å². The monoisotopic (exact) mass is 290 g/mol. The number of hydrogen-bond acceptors (Lipinski definition) is 2. The molecule has 1 N–H and O–H groups in total. The quantitative estimate of drug-likeness (QED) is 0.811. The van der Waals surface area contributed by atoms with Gasteiger partial charge in [-0.05, 0) is 50.0 Å². The molecule has 21 heavy (non-hydrogen) atoms. The Labute approximate surface area is 129 Å². The van der Waals surface area contributed by atoms with Crippen LogP contribution in [0.2, 0.25) is 0 Å². The van der Waals surface area contributed by atoms with E-state index in [1.54, 1.807) is 0 Å². The Morgan fingerprint density at radius 2 is 1.90 bits per heavy atom. The fourth-order valence-corrected chi connectivity index (χ4v) is 4.21. The number of fused-ring (bicyclic) bond motifs is 2. The minimum Gasteiger partial charge on any atom is -0.342 e. The number of piperidine rings is 1. The Kier molecular flexibility index (Phi) is 4.13. The molecule has 118 valence electrons. The molecule has 0 aromatic carbocycles. The highest BCUT2D eigenvalue weighted by atomic mass is 16.2. The first-order valence-corrected chi connectivity index (χ1v) is 8.64. The number of likely N-dealkylation sites (tertiary alicyclic amines) is 1. The number of carbonyl (C=O) groups excluding carboxylic acids is 1. The molecule has 3 heteroatoms. The van der Waals surface area contributed by atoms with Crippen molar-refractivity contribution in [2.75, 3.05) is 19.6 Å². The van der Waals surface area contributed by atoms with Crippen LogP contribution in [0.3, 0.4) is 0 Å². The summed E-state index contributed by atoms with van der Waals surface area (Å²) in [7, 11) is 0. The Bertz CT molecular complexity index is 415. The molecule has 3 nitrogen and oxygen atoms in total. The summed E-state index contributed by atoms with van der Waals surface area (Å²) in [6, 6.07) is 0.608. The summed E-state index contributed by atoms with van der Waals surface area (Å²) in [6.45, 7) is 9.06. The van der Waals surface area contributed by atoms with Crippen LogP contribution in [0.1, 0.15) is 46.5 Å². The van der Waals surface area contributed by atoms with Crippen LogP contribution in [-0.2, 0) is 4.79 Å². The lowest BCUT2D eigenvalue weighted by Gasteiger charge is -2.36. The first kappa shape index (κ1) is 15.1. The van der Waals surface area contributed by atoms with Crippen LogP contribution in [0.4, 0.5) is 0 Å². The highest BCUT2D eigenvalue weighted by Crippen LogP contribution is 2.43. The van der Waals surface area contributed by atoms with E-state index in [0.717, 1.165) is 43.7 Å². The second kappa shape index (κ2) is 5.75. The molecule has 3 aliphatic rings. The second-order valence-electron chi connectivity index (χ2n) is 8.27. The average molecular weight is 290 g/mol. The Morgan fingerprint density at radius 3 is 2.43 bits per heavy atom. The Hall–Kier alpha value is -0.830. The van der Waals surface area contributed by atoms with E-state index in [-0.39, 0.29) is 5.41 Å². The molecule has 1 aliphatic heterocycles. The van der Waals surface area contributed by atoms with Crippen LogP contribution >= 0.6 is 0 Å². The summed E-state index contributed by atoms with van der Waals surface area (Å²) in [5.74, 6) is 2.87. The van der Waals surface area contributed by atoms with E-state index < -0.39 is 0 Å². The highest BCUT2D eigenvalue weighted by Gasteiger charge is 2.36. The van der Waals surface area contributed by atoms with E-state index >= 15 is 0 Å². The zero-order valence-electron chi connectivity index (χ0n) is 13.8. The number of rotatable bonds is 3. The molecule has 1 saturated heterocycles. The molecule has 2 fully saturated rings. The molecule has 1 saturated carbocycles. The van der Waals surface area contributed by atoms with Crippen LogP contribution in [0.15, 0.2) is 12.2 Å². The predicted molar refractivity (Wildman–Crippen MR) is 85.9 cm³/mol. The van der Waals surface area contributed by atoms with Gasteiger partial charge in [-0.3, -0.25) is 4.79 Å². The Balaban J connectivity index is 1.40. The van der Waals surface area contributed by atoms with Crippen molar-refractivity contribution >= 4 is 5.91 Å². The summed E-state index contributed by atoms with van der Waals surface area (Å²) in [5, 5.41) is 3.77. The Morgan fingerprint density at radius 1 is 1.19 bits per heavy atom. The highest BCUT2D eigenvalue weighted by molar-refractivity contribution is 5.81. The van der Waals surface area contributed by atoms with Crippen molar-refractivity contribution in [2.24, 2.45) is 23.2 Å². The third kappa shape index (κ3) is 3.33. The normalized spacial score (nSPS) is 32.9. The van der Waals surface area contributed by atoms with Gasteiger partial charge in [-0.2, -0.15) is 0 Å². The van der Waals surface area contributed by atoms with Crippen molar-refractivity contribution in [1.82, 2.24) is 10.2 Å². The molecular formula is C18H30N2O. The fourth-order valence-electron chi connectivity index (χ4n) is 4.21. The lowest BCUT2D eigenvalue weighted by atomic mass is 9.91. The summed E-state index contributed by atoms with van der Waals surface area (Å²) in [4.78, 5) is 14.3. The number of hydrogen-bond donors (Lipinski definition) is 1. The van der Waals surface area contributed by atoms with E-state index in [0.29, 0.717) is 11.9 Å². The zero-order valence-corrected chi connectivity index (χ0v) is 13.8. The molecule has 0 radical (unpaired) electrons. The van der Waals surface area contributed by atoms with Crippen molar-refractivity contribution in [1.29, 1.82) is 0 Å². The molecule has 2 aliphatic carbocycles. The van der Waals surface area contributed by atoms with Gasteiger partial charge < -0.3 is 10.2 Å². The van der Waals surface area contributed by atoms with Gasteiger partial charge in [-0.1, -0.05) is 32.9 Å². The van der Waals surface area contributed by atoms with Gasteiger partial charge in [-0.15, -0.1) is 0 Å². The molecule has 1 amide bonds. The fraction of sp³-hybridized carbons (Fsp3) is 0.833. The van der Waals surface area contributed by atoms with E-state index in [9.17, 15) is 4.79 Å². The van der Waals surface area contributed by atoms with Crippen LogP contribution in [-0.4, -0.2) is 36.5 Å². The van der Waals surface area contributed by atoms with E-state index in [1.807, 2.05) is 20.8 Å². The van der Waals surface area contributed by atoms with Crippen molar-refractivity contribution in [2.45, 2.75) is 52.5 Å².